The van der Waals surface area contributed by atoms with E-state index in [1.807, 2.05) is 91.0 Å². The molecule has 0 heterocycles. The van der Waals surface area contributed by atoms with E-state index in [-0.39, 0.29) is 12.3 Å². The fourth-order valence-electron chi connectivity index (χ4n) is 4.14. The molecule has 0 aromatic heterocycles. The van der Waals surface area contributed by atoms with Crippen LogP contribution in [0.1, 0.15) is 35.1 Å². The number of hydrogen-bond donors (Lipinski definition) is 0. The molecule has 4 aromatic rings. The molecule has 0 aliphatic heterocycles. The minimum Gasteiger partial charge on any atom is -0.432 e. The highest BCUT2D eigenvalue weighted by Crippen LogP contribution is 2.40. The van der Waals surface area contributed by atoms with Gasteiger partial charge in [0.05, 0.1) is 4.92 Å². The van der Waals surface area contributed by atoms with Crippen molar-refractivity contribution in [2.45, 2.75) is 18.4 Å². The van der Waals surface area contributed by atoms with E-state index < -0.39 is 22.6 Å². The summed E-state index contributed by atoms with van der Waals surface area (Å²) in [6.07, 6.45) is -1.05. The summed E-state index contributed by atoms with van der Waals surface area (Å²) in [5.41, 5.74) is 1.43. The molecule has 4 rings (SSSR count). The largest absolute Gasteiger partial charge is 0.540 e. The fraction of sp³-hybridized carbons (Fsp3) is 0.138. The average Bonchev–Trinajstić information content (AvgIpc) is 2.94. The van der Waals surface area contributed by atoms with Gasteiger partial charge in [-0.3, -0.25) is 15.0 Å². The molecule has 7 heteroatoms. The van der Waals surface area contributed by atoms with Gasteiger partial charge in [-0.2, -0.15) is 4.89 Å². The quantitative estimate of drug-likeness (QED) is 0.0858. The standard InChI is InChI=1S/C29H25NO6/c1-22(26-19-11-12-20-27(26)30(32)33)21-34-28(31)35-36-29(23-13-5-2-6-14-23,24-15-7-3-8-16-24)25-17-9-4-10-18-25/h2-20,22H,21H2,1H3. The van der Waals surface area contributed by atoms with E-state index in [0.29, 0.717) is 5.56 Å². The normalized spacial score (nSPS) is 11.9. The first-order valence-corrected chi connectivity index (χ1v) is 11.4. The molecule has 0 N–H and O–H groups in total. The topological polar surface area (TPSA) is 87.9 Å². The monoisotopic (exact) mass is 483 g/mol. The van der Waals surface area contributed by atoms with Crippen LogP contribution < -0.4 is 0 Å². The van der Waals surface area contributed by atoms with Crippen LogP contribution >= 0.6 is 0 Å². The van der Waals surface area contributed by atoms with Crippen molar-refractivity contribution in [1.29, 1.82) is 0 Å². The van der Waals surface area contributed by atoms with Crippen LogP contribution in [0.15, 0.2) is 115 Å². The van der Waals surface area contributed by atoms with Gasteiger partial charge in [-0.15, -0.1) is 0 Å². The molecule has 36 heavy (non-hydrogen) atoms. The number of carbonyl (C=O) groups is 1. The van der Waals surface area contributed by atoms with E-state index in [4.69, 9.17) is 14.5 Å². The van der Waals surface area contributed by atoms with Crippen LogP contribution in [0.3, 0.4) is 0 Å². The van der Waals surface area contributed by atoms with Crippen molar-refractivity contribution in [2.24, 2.45) is 0 Å². The second-order valence-corrected chi connectivity index (χ2v) is 8.22. The van der Waals surface area contributed by atoms with Crippen LogP contribution in [0.25, 0.3) is 0 Å². The minimum atomic E-state index is -1.26. The predicted molar refractivity (Wildman–Crippen MR) is 134 cm³/mol. The molecule has 0 aliphatic rings. The zero-order valence-electron chi connectivity index (χ0n) is 19.7. The Balaban J connectivity index is 1.58. The summed E-state index contributed by atoms with van der Waals surface area (Å²) in [6, 6.07) is 34.7. The van der Waals surface area contributed by atoms with E-state index in [9.17, 15) is 14.9 Å². The molecule has 182 valence electrons. The van der Waals surface area contributed by atoms with Crippen molar-refractivity contribution in [3.05, 3.63) is 148 Å². The molecule has 0 radical (unpaired) electrons. The van der Waals surface area contributed by atoms with Crippen molar-refractivity contribution in [1.82, 2.24) is 0 Å². The molecule has 0 fully saturated rings. The Morgan fingerprint density at radius 3 is 1.69 bits per heavy atom. The Hall–Kier alpha value is -4.49. The van der Waals surface area contributed by atoms with Crippen LogP contribution in [0, 0.1) is 10.1 Å². The van der Waals surface area contributed by atoms with Crippen LogP contribution in [-0.2, 0) is 20.1 Å². The van der Waals surface area contributed by atoms with Crippen LogP contribution in [0.5, 0.6) is 0 Å². The van der Waals surface area contributed by atoms with Gasteiger partial charge in [-0.05, 0) is 16.7 Å². The number of nitro groups is 1. The number of para-hydroxylation sites is 1. The number of rotatable bonds is 9. The first-order chi connectivity index (χ1) is 17.5. The molecule has 0 bridgehead atoms. The van der Waals surface area contributed by atoms with Crippen LogP contribution in [0.2, 0.25) is 0 Å². The SMILES string of the molecule is CC(COC(=O)OOC(c1ccccc1)(c1ccccc1)c1ccccc1)c1ccccc1[N+](=O)[O-]. The van der Waals surface area contributed by atoms with E-state index >= 15 is 0 Å². The number of nitro benzene ring substituents is 1. The van der Waals surface area contributed by atoms with Gasteiger partial charge in [-0.1, -0.05) is 116 Å². The summed E-state index contributed by atoms with van der Waals surface area (Å²) < 4.78 is 5.29. The highest BCUT2D eigenvalue weighted by Gasteiger charge is 2.40. The highest BCUT2D eigenvalue weighted by molar-refractivity contribution is 5.59. The summed E-state index contributed by atoms with van der Waals surface area (Å²) in [5, 5.41) is 11.3. The Bertz CT molecular complexity index is 1200. The van der Waals surface area contributed by atoms with Gasteiger partial charge < -0.3 is 4.74 Å². The smallest absolute Gasteiger partial charge is 0.432 e. The Morgan fingerprint density at radius 2 is 1.22 bits per heavy atom. The lowest BCUT2D eigenvalue weighted by Gasteiger charge is -2.33. The van der Waals surface area contributed by atoms with Gasteiger partial charge in [0, 0.05) is 17.5 Å². The van der Waals surface area contributed by atoms with Crippen molar-refractivity contribution >= 4 is 11.8 Å². The van der Waals surface area contributed by atoms with E-state index in [0.717, 1.165) is 16.7 Å². The number of nitrogens with zero attached hydrogens (tertiary/aromatic N) is 1. The Morgan fingerprint density at radius 1 is 0.778 bits per heavy atom. The molecule has 1 unspecified atom stereocenters. The third-order valence-electron chi connectivity index (χ3n) is 5.89. The molecular formula is C29H25NO6. The maximum Gasteiger partial charge on any atom is 0.540 e. The zero-order valence-corrected chi connectivity index (χ0v) is 19.7. The molecular weight excluding hydrogens is 458 g/mol. The Kier molecular flexibility index (Phi) is 7.72. The van der Waals surface area contributed by atoms with Crippen molar-refractivity contribution in [2.75, 3.05) is 6.61 Å². The van der Waals surface area contributed by atoms with E-state index in [1.54, 1.807) is 25.1 Å². The molecule has 0 spiro atoms. The lowest BCUT2D eigenvalue weighted by molar-refractivity contribution is -0.385. The second kappa shape index (κ2) is 11.3. The fourth-order valence-corrected chi connectivity index (χ4v) is 4.14. The maximum absolute atomic E-state index is 12.6. The van der Waals surface area contributed by atoms with E-state index in [2.05, 4.69) is 0 Å². The van der Waals surface area contributed by atoms with Gasteiger partial charge >= 0.3 is 6.16 Å². The average molecular weight is 484 g/mol. The van der Waals surface area contributed by atoms with Gasteiger partial charge in [-0.25, -0.2) is 4.79 Å². The first-order valence-electron chi connectivity index (χ1n) is 11.4. The number of ether oxygens (including phenoxy) is 1. The van der Waals surface area contributed by atoms with Crippen molar-refractivity contribution in [3.63, 3.8) is 0 Å². The predicted octanol–water partition coefficient (Wildman–Crippen LogP) is 6.78. The molecule has 7 nitrogen and oxygen atoms in total. The molecule has 4 aromatic carbocycles. The first kappa shape index (κ1) is 24.6. The summed E-state index contributed by atoms with van der Waals surface area (Å²) in [5.74, 6) is -0.429. The Labute approximate surface area is 209 Å². The summed E-state index contributed by atoms with van der Waals surface area (Å²) in [7, 11) is 0. The summed E-state index contributed by atoms with van der Waals surface area (Å²) >= 11 is 0. The summed E-state index contributed by atoms with van der Waals surface area (Å²) in [6.45, 7) is 1.61. The lowest BCUT2D eigenvalue weighted by atomic mass is 9.80. The minimum absolute atomic E-state index is 0.0329. The highest BCUT2D eigenvalue weighted by atomic mass is 17.2. The molecule has 0 saturated heterocycles. The maximum atomic E-state index is 12.6. The second-order valence-electron chi connectivity index (χ2n) is 8.22. The molecule has 0 saturated carbocycles. The van der Waals surface area contributed by atoms with E-state index in [1.165, 1.54) is 6.07 Å². The lowest BCUT2D eigenvalue weighted by Crippen LogP contribution is -2.34. The van der Waals surface area contributed by atoms with Gasteiger partial charge in [0.2, 0.25) is 0 Å². The van der Waals surface area contributed by atoms with Gasteiger partial charge in [0.15, 0.2) is 5.60 Å². The molecule has 0 aliphatic carbocycles. The van der Waals surface area contributed by atoms with Crippen molar-refractivity contribution in [3.8, 4) is 0 Å². The van der Waals surface area contributed by atoms with Crippen molar-refractivity contribution < 1.29 is 24.2 Å². The third kappa shape index (κ3) is 5.26. The van der Waals surface area contributed by atoms with Crippen LogP contribution in [0.4, 0.5) is 10.5 Å². The third-order valence-corrected chi connectivity index (χ3v) is 5.89. The zero-order chi connectivity index (χ0) is 25.4. The molecule has 0 amide bonds. The van der Waals surface area contributed by atoms with Gasteiger partial charge in [0.1, 0.15) is 6.61 Å². The number of benzene rings is 4. The number of carbonyl (C=O) groups excluding carboxylic acids is 1. The summed E-state index contributed by atoms with van der Waals surface area (Å²) in [4.78, 5) is 34.7. The van der Waals surface area contributed by atoms with Crippen LogP contribution in [-0.4, -0.2) is 17.7 Å². The number of hydrogen-bond acceptors (Lipinski definition) is 6. The van der Waals surface area contributed by atoms with Gasteiger partial charge in [0.25, 0.3) is 5.69 Å². The molecule has 1 atom stereocenters.